The van der Waals surface area contributed by atoms with E-state index in [9.17, 15) is 4.79 Å². The van der Waals surface area contributed by atoms with Crippen molar-refractivity contribution in [1.29, 1.82) is 0 Å². The van der Waals surface area contributed by atoms with E-state index >= 15 is 0 Å². The number of rotatable bonds is 5. The van der Waals surface area contributed by atoms with E-state index in [0.717, 1.165) is 22.4 Å². The number of imidazole rings is 1. The van der Waals surface area contributed by atoms with Crippen LogP contribution in [-0.2, 0) is 0 Å². The van der Waals surface area contributed by atoms with Gasteiger partial charge in [0.2, 0.25) is 0 Å². The van der Waals surface area contributed by atoms with E-state index in [1.165, 1.54) is 25.3 Å². The summed E-state index contributed by atoms with van der Waals surface area (Å²) in [6.07, 6.45) is 0. The molecule has 0 unspecified atom stereocenters. The number of amides is 1. The summed E-state index contributed by atoms with van der Waals surface area (Å²) in [5.74, 6) is 1.40. The standard InChI is InChI=1S/C24H23N3O3/c1-14-12-18-19(13-15(14)2)27-23(26-18)16-8-10-17(11-9-16)25-24(28)22-20(29-3)6-5-7-21(22)30-4/h5-13H,1-4H3,(H,25,28)(H,26,27). The van der Waals surface area contributed by atoms with Crippen LogP contribution in [0.3, 0.4) is 0 Å². The van der Waals surface area contributed by atoms with Gasteiger partial charge in [0.25, 0.3) is 5.91 Å². The average Bonchev–Trinajstić information content (AvgIpc) is 3.16. The number of nitrogens with zero attached hydrogens (tertiary/aromatic N) is 1. The van der Waals surface area contributed by atoms with E-state index in [1.807, 2.05) is 24.3 Å². The Balaban J connectivity index is 1.58. The maximum Gasteiger partial charge on any atom is 0.263 e. The van der Waals surface area contributed by atoms with E-state index in [0.29, 0.717) is 22.7 Å². The van der Waals surface area contributed by atoms with E-state index in [1.54, 1.807) is 18.2 Å². The van der Waals surface area contributed by atoms with Crippen molar-refractivity contribution in [3.63, 3.8) is 0 Å². The monoisotopic (exact) mass is 401 g/mol. The average molecular weight is 401 g/mol. The zero-order valence-electron chi connectivity index (χ0n) is 17.4. The third kappa shape index (κ3) is 3.59. The quantitative estimate of drug-likeness (QED) is 0.487. The molecule has 3 aromatic carbocycles. The van der Waals surface area contributed by atoms with Crippen molar-refractivity contribution in [2.45, 2.75) is 13.8 Å². The second-order valence-corrected chi connectivity index (χ2v) is 7.11. The van der Waals surface area contributed by atoms with Gasteiger partial charge < -0.3 is 19.8 Å². The minimum Gasteiger partial charge on any atom is -0.496 e. The molecule has 1 heterocycles. The van der Waals surface area contributed by atoms with E-state index < -0.39 is 0 Å². The number of hydrogen-bond acceptors (Lipinski definition) is 4. The summed E-state index contributed by atoms with van der Waals surface area (Å²) in [5.41, 5.74) is 6.35. The number of ether oxygens (including phenoxy) is 2. The fourth-order valence-electron chi connectivity index (χ4n) is 3.39. The van der Waals surface area contributed by atoms with Crippen molar-refractivity contribution in [3.05, 3.63) is 71.3 Å². The molecule has 0 fully saturated rings. The van der Waals surface area contributed by atoms with Crippen LogP contribution < -0.4 is 14.8 Å². The summed E-state index contributed by atoms with van der Waals surface area (Å²) in [7, 11) is 3.05. The lowest BCUT2D eigenvalue weighted by atomic mass is 10.1. The number of benzene rings is 3. The second-order valence-electron chi connectivity index (χ2n) is 7.11. The molecular weight excluding hydrogens is 378 g/mol. The summed E-state index contributed by atoms with van der Waals surface area (Å²) in [6, 6.07) is 17.0. The summed E-state index contributed by atoms with van der Waals surface area (Å²) in [4.78, 5) is 20.9. The minimum absolute atomic E-state index is 0.299. The van der Waals surface area contributed by atoms with E-state index in [2.05, 4.69) is 36.3 Å². The van der Waals surface area contributed by atoms with Gasteiger partial charge in [-0.2, -0.15) is 0 Å². The minimum atomic E-state index is -0.299. The van der Waals surface area contributed by atoms with Crippen LogP contribution in [0.5, 0.6) is 11.5 Å². The molecule has 0 bridgehead atoms. The van der Waals surface area contributed by atoms with Crippen molar-refractivity contribution in [2.75, 3.05) is 19.5 Å². The van der Waals surface area contributed by atoms with Crippen molar-refractivity contribution < 1.29 is 14.3 Å². The molecule has 0 atom stereocenters. The van der Waals surface area contributed by atoms with Gasteiger partial charge >= 0.3 is 0 Å². The molecule has 6 nitrogen and oxygen atoms in total. The van der Waals surface area contributed by atoms with E-state index in [-0.39, 0.29) is 5.91 Å². The number of aromatic nitrogens is 2. The Morgan fingerprint density at radius 2 is 1.57 bits per heavy atom. The Morgan fingerprint density at radius 3 is 2.20 bits per heavy atom. The van der Waals surface area contributed by atoms with Crippen LogP contribution in [0, 0.1) is 13.8 Å². The first-order chi connectivity index (χ1) is 14.5. The Kier molecular flexibility index (Phi) is 5.14. The highest BCUT2D eigenvalue weighted by Gasteiger charge is 2.18. The first-order valence-electron chi connectivity index (χ1n) is 9.60. The largest absolute Gasteiger partial charge is 0.496 e. The number of H-pyrrole nitrogens is 1. The molecule has 4 rings (SSSR count). The summed E-state index contributed by atoms with van der Waals surface area (Å²) < 4.78 is 10.6. The number of aryl methyl sites for hydroxylation is 2. The lowest BCUT2D eigenvalue weighted by Crippen LogP contribution is -2.14. The SMILES string of the molecule is COc1cccc(OC)c1C(=O)Nc1ccc(-c2nc3cc(C)c(C)cc3[nH]2)cc1. The molecule has 0 aliphatic heterocycles. The van der Waals surface area contributed by atoms with Gasteiger partial charge in [0.1, 0.15) is 22.9 Å². The summed E-state index contributed by atoms with van der Waals surface area (Å²) in [5, 5.41) is 2.90. The molecule has 0 saturated carbocycles. The maximum absolute atomic E-state index is 12.8. The first kappa shape index (κ1) is 19.5. The van der Waals surface area contributed by atoms with Gasteiger partial charge in [-0.15, -0.1) is 0 Å². The van der Waals surface area contributed by atoms with Crippen LogP contribution in [0.25, 0.3) is 22.4 Å². The third-order valence-electron chi connectivity index (χ3n) is 5.17. The second kappa shape index (κ2) is 7.91. The lowest BCUT2D eigenvalue weighted by molar-refractivity contribution is 0.102. The number of carbonyl (C=O) groups is 1. The fourth-order valence-corrected chi connectivity index (χ4v) is 3.39. The van der Waals surface area contributed by atoms with Gasteiger partial charge in [-0.05, 0) is 73.5 Å². The summed E-state index contributed by atoms with van der Waals surface area (Å²) >= 11 is 0. The highest BCUT2D eigenvalue weighted by atomic mass is 16.5. The van der Waals surface area contributed by atoms with Crippen LogP contribution in [0.4, 0.5) is 5.69 Å². The normalized spacial score (nSPS) is 10.8. The van der Waals surface area contributed by atoms with Gasteiger partial charge in [-0.3, -0.25) is 4.79 Å². The van der Waals surface area contributed by atoms with E-state index in [4.69, 9.17) is 14.5 Å². The molecule has 6 heteroatoms. The molecular formula is C24H23N3O3. The van der Waals surface area contributed by atoms with Gasteiger partial charge in [-0.25, -0.2) is 4.98 Å². The van der Waals surface area contributed by atoms with Crippen molar-refractivity contribution in [3.8, 4) is 22.9 Å². The molecule has 1 amide bonds. The first-order valence-corrected chi connectivity index (χ1v) is 9.60. The number of aromatic amines is 1. The Hall–Kier alpha value is -3.80. The molecule has 30 heavy (non-hydrogen) atoms. The van der Waals surface area contributed by atoms with Crippen LogP contribution in [0.2, 0.25) is 0 Å². The maximum atomic E-state index is 12.8. The molecule has 0 saturated heterocycles. The Bertz CT molecular complexity index is 1170. The van der Waals surface area contributed by atoms with Crippen LogP contribution in [0.15, 0.2) is 54.6 Å². The Labute approximate surface area is 174 Å². The molecule has 0 spiro atoms. The zero-order valence-corrected chi connectivity index (χ0v) is 17.4. The smallest absolute Gasteiger partial charge is 0.263 e. The topological polar surface area (TPSA) is 76.2 Å². The molecule has 2 N–H and O–H groups in total. The number of hydrogen-bond donors (Lipinski definition) is 2. The number of nitrogens with one attached hydrogen (secondary N) is 2. The zero-order chi connectivity index (χ0) is 21.3. The third-order valence-corrected chi connectivity index (χ3v) is 5.17. The van der Waals surface area contributed by atoms with Crippen LogP contribution in [-0.4, -0.2) is 30.1 Å². The van der Waals surface area contributed by atoms with Crippen molar-refractivity contribution in [1.82, 2.24) is 9.97 Å². The molecule has 0 aliphatic rings. The molecule has 4 aromatic rings. The Morgan fingerprint density at radius 1 is 0.933 bits per heavy atom. The van der Waals surface area contributed by atoms with Crippen molar-refractivity contribution >= 4 is 22.6 Å². The molecule has 0 radical (unpaired) electrons. The number of anilines is 1. The van der Waals surface area contributed by atoms with Crippen molar-refractivity contribution in [2.24, 2.45) is 0 Å². The van der Waals surface area contributed by atoms with Crippen LogP contribution >= 0.6 is 0 Å². The predicted octanol–water partition coefficient (Wildman–Crippen LogP) is 5.12. The highest BCUT2D eigenvalue weighted by Crippen LogP contribution is 2.29. The fraction of sp³-hybridized carbons (Fsp3) is 0.167. The molecule has 152 valence electrons. The van der Waals surface area contributed by atoms with Gasteiger partial charge in [0, 0.05) is 11.3 Å². The lowest BCUT2D eigenvalue weighted by Gasteiger charge is -2.13. The van der Waals surface area contributed by atoms with Crippen LogP contribution in [0.1, 0.15) is 21.5 Å². The van der Waals surface area contributed by atoms with Gasteiger partial charge in [0.05, 0.1) is 25.3 Å². The van der Waals surface area contributed by atoms with Gasteiger partial charge in [0.15, 0.2) is 0 Å². The molecule has 1 aromatic heterocycles. The summed E-state index contributed by atoms with van der Waals surface area (Å²) in [6.45, 7) is 4.17. The highest BCUT2D eigenvalue weighted by molar-refractivity contribution is 6.08. The predicted molar refractivity (Wildman–Crippen MR) is 119 cm³/mol. The number of fused-ring (bicyclic) bond motifs is 1. The van der Waals surface area contributed by atoms with Gasteiger partial charge in [-0.1, -0.05) is 6.07 Å². The molecule has 0 aliphatic carbocycles. The number of carbonyl (C=O) groups excluding carboxylic acids is 1. The number of methoxy groups -OCH3 is 2.